The van der Waals surface area contributed by atoms with Crippen LogP contribution in [0.5, 0.6) is 0 Å². The minimum atomic E-state index is -0.869. The van der Waals surface area contributed by atoms with Gasteiger partial charge in [0, 0.05) is 5.56 Å². The van der Waals surface area contributed by atoms with Crippen LogP contribution in [0.1, 0.15) is 11.7 Å². The molecule has 0 saturated heterocycles. The van der Waals surface area contributed by atoms with Gasteiger partial charge in [-0.15, -0.1) is 6.42 Å². The van der Waals surface area contributed by atoms with Crippen molar-refractivity contribution in [1.29, 1.82) is 0 Å². The van der Waals surface area contributed by atoms with E-state index in [0.29, 0.717) is 0 Å². The van der Waals surface area contributed by atoms with Crippen LogP contribution in [0.25, 0.3) is 0 Å². The zero-order chi connectivity index (χ0) is 9.68. The van der Waals surface area contributed by atoms with Crippen molar-refractivity contribution in [2.45, 2.75) is 6.10 Å². The summed E-state index contributed by atoms with van der Waals surface area (Å²) in [5, 5.41) is 0. The molecule has 1 amide bonds. The van der Waals surface area contributed by atoms with Crippen LogP contribution in [0, 0.1) is 12.3 Å². The van der Waals surface area contributed by atoms with Crippen molar-refractivity contribution in [2.24, 2.45) is 5.73 Å². The average molecular weight is 175 g/mol. The lowest BCUT2D eigenvalue weighted by atomic mass is 10.1. The molecule has 66 valence electrons. The van der Waals surface area contributed by atoms with Crippen LogP contribution >= 0.6 is 0 Å². The third-order valence-electron chi connectivity index (χ3n) is 1.49. The van der Waals surface area contributed by atoms with Crippen molar-refractivity contribution >= 4 is 6.09 Å². The molecule has 0 spiro atoms. The number of carbonyl (C=O) groups excluding carboxylic acids is 1. The summed E-state index contributed by atoms with van der Waals surface area (Å²) in [6.45, 7) is 0. The topological polar surface area (TPSA) is 52.3 Å². The number of amides is 1. The van der Waals surface area contributed by atoms with E-state index in [9.17, 15) is 4.79 Å². The largest absolute Gasteiger partial charge is 0.428 e. The summed E-state index contributed by atoms with van der Waals surface area (Å²) in [6.07, 6.45) is 3.61. The predicted molar refractivity (Wildman–Crippen MR) is 48.7 cm³/mol. The number of rotatable bonds is 2. The molecule has 1 rings (SSSR count). The van der Waals surface area contributed by atoms with E-state index < -0.39 is 12.2 Å². The van der Waals surface area contributed by atoms with Gasteiger partial charge in [0.1, 0.15) is 0 Å². The second-order valence-corrected chi connectivity index (χ2v) is 2.39. The van der Waals surface area contributed by atoms with Gasteiger partial charge < -0.3 is 10.5 Å². The number of primary amides is 1. The first-order valence-corrected chi connectivity index (χ1v) is 3.71. The van der Waals surface area contributed by atoms with Gasteiger partial charge in [-0.1, -0.05) is 36.3 Å². The highest BCUT2D eigenvalue weighted by molar-refractivity contribution is 5.65. The highest BCUT2D eigenvalue weighted by atomic mass is 16.6. The third-order valence-corrected chi connectivity index (χ3v) is 1.49. The Morgan fingerprint density at radius 1 is 1.46 bits per heavy atom. The summed E-state index contributed by atoms with van der Waals surface area (Å²) < 4.78 is 4.69. The normalized spacial score (nSPS) is 11.3. The van der Waals surface area contributed by atoms with E-state index in [1.165, 1.54) is 0 Å². The van der Waals surface area contributed by atoms with Crippen LogP contribution in [0.15, 0.2) is 30.3 Å². The predicted octanol–water partition coefficient (Wildman–Crippen LogP) is 1.46. The zero-order valence-electron chi connectivity index (χ0n) is 6.94. The minimum Gasteiger partial charge on any atom is -0.428 e. The summed E-state index contributed by atoms with van der Waals surface area (Å²) in [6, 6.07) is 9.01. The zero-order valence-corrected chi connectivity index (χ0v) is 6.94. The molecule has 0 bridgehead atoms. The summed E-state index contributed by atoms with van der Waals surface area (Å²) in [5.74, 6) is 2.33. The Morgan fingerprint density at radius 3 is 2.54 bits per heavy atom. The number of carbonyl (C=O) groups is 1. The monoisotopic (exact) mass is 175 g/mol. The Bertz CT molecular complexity index is 327. The highest BCUT2D eigenvalue weighted by Crippen LogP contribution is 2.15. The van der Waals surface area contributed by atoms with E-state index in [1.807, 2.05) is 18.2 Å². The average Bonchev–Trinajstić information content (AvgIpc) is 2.15. The number of ether oxygens (including phenoxy) is 1. The van der Waals surface area contributed by atoms with E-state index >= 15 is 0 Å². The molecule has 0 aliphatic heterocycles. The molecule has 0 unspecified atom stereocenters. The first kappa shape index (κ1) is 9.14. The summed E-state index contributed by atoms with van der Waals surface area (Å²) >= 11 is 0. The molecule has 13 heavy (non-hydrogen) atoms. The molecule has 2 N–H and O–H groups in total. The first-order valence-electron chi connectivity index (χ1n) is 3.71. The van der Waals surface area contributed by atoms with Gasteiger partial charge in [0.05, 0.1) is 0 Å². The molecule has 0 heterocycles. The summed E-state index contributed by atoms with van der Waals surface area (Å²) in [4.78, 5) is 10.4. The Morgan fingerprint density at radius 2 is 2.08 bits per heavy atom. The lowest BCUT2D eigenvalue weighted by molar-refractivity contribution is 0.134. The number of terminal acetylenes is 1. The van der Waals surface area contributed by atoms with Gasteiger partial charge in [-0.25, -0.2) is 4.79 Å². The number of nitrogens with two attached hydrogens (primary N) is 1. The Hall–Kier alpha value is -1.95. The fourth-order valence-electron chi connectivity index (χ4n) is 0.942. The van der Waals surface area contributed by atoms with E-state index in [0.717, 1.165) is 5.56 Å². The molecule has 1 atom stereocenters. The SMILES string of the molecule is C#C[C@H](OC(N)=O)c1ccccc1. The van der Waals surface area contributed by atoms with Gasteiger partial charge in [-0.05, 0) is 0 Å². The molecule has 0 radical (unpaired) electrons. The molecule has 0 aliphatic carbocycles. The van der Waals surface area contributed by atoms with Gasteiger partial charge in [-0.2, -0.15) is 0 Å². The quantitative estimate of drug-likeness (QED) is 0.692. The standard InChI is InChI=1S/C10H9NO2/c1-2-9(13-10(11)12)8-6-4-3-5-7-8/h1,3-7,9H,(H2,11,12)/t9-/m0/s1. The highest BCUT2D eigenvalue weighted by Gasteiger charge is 2.10. The molecule has 0 aliphatic rings. The van der Waals surface area contributed by atoms with Crippen LogP contribution in [0.2, 0.25) is 0 Å². The number of benzene rings is 1. The van der Waals surface area contributed by atoms with Gasteiger partial charge in [0.25, 0.3) is 0 Å². The Labute approximate surface area is 76.5 Å². The minimum absolute atomic E-state index is 0.696. The van der Waals surface area contributed by atoms with E-state index in [-0.39, 0.29) is 0 Å². The Kier molecular flexibility index (Phi) is 2.93. The maximum atomic E-state index is 10.4. The number of hydrogen-bond donors (Lipinski definition) is 1. The van der Waals surface area contributed by atoms with Crippen molar-refractivity contribution in [2.75, 3.05) is 0 Å². The molecule has 0 saturated carbocycles. The molecule has 1 aromatic rings. The third kappa shape index (κ3) is 2.53. The van der Waals surface area contributed by atoms with E-state index in [1.54, 1.807) is 12.1 Å². The smallest absolute Gasteiger partial charge is 0.406 e. The van der Waals surface area contributed by atoms with E-state index in [2.05, 4.69) is 10.7 Å². The fraction of sp³-hybridized carbons (Fsp3) is 0.100. The molecule has 3 nitrogen and oxygen atoms in total. The van der Waals surface area contributed by atoms with Crippen LogP contribution in [0.4, 0.5) is 4.79 Å². The van der Waals surface area contributed by atoms with Gasteiger partial charge >= 0.3 is 6.09 Å². The molecular weight excluding hydrogens is 166 g/mol. The second-order valence-electron chi connectivity index (χ2n) is 2.39. The summed E-state index contributed by atoms with van der Waals surface area (Å²) in [7, 11) is 0. The van der Waals surface area contributed by atoms with Gasteiger partial charge in [0.15, 0.2) is 6.10 Å². The Balaban J connectivity index is 2.80. The summed E-state index contributed by atoms with van der Waals surface area (Å²) in [5.41, 5.74) is 5.59. The van der Waals surface area contributed by atoms with Crippen molar-refractivity contribution < 1.29 is 9.53 Å². The number of hydrogen-bond acceptors (Lipinski definition) is 2. The van der Waals surface area contributed by atoms with Crippen molar-refractivity contribution in [1.82, 2.24) is 0 Å². The maximum Gasteiger partial charge on any atom is 0.406 e. The lowest BCUT2D eigenvalue weighted by Gasteiger charge is -2.09. The molecule has 0 fully saturated rings. The van der Waals surface area contributed by atoms with Crippen molar-refractivity contribution in [3.05, 3.63) is 35.9 Å². The van der Waals surface area contributed by atoms with Gasteiger partial charge in [0.2, 0.25) is 0 Å². The molecule has 3 heteroatoms. The van der Waals surface area contributed by atoms with Crippen molar-refractivity contribution in [3.63, 3.8) is 0 Å². The lowest BCUT2D eigenvalue weighted by Crippen LogP contribution is -2.16. The van der Waals surface area contributed by atoms with Crippen LogP contribution in [0.3, 0.4) is 0 Å². The fourth-order valence-corrected chi connectivity index (χ4v) is 0.942. The molecule has 0 aromatic heterocycles. The van der Waals surface area contributed by atoms with Crippen LogP contribution in [-0.4, -0.2) is 6.09 Å². The second kappa shape index (κ2) is 4.17. The maximum absolute atomic E-state index is 10.4. The van der Waals surface area contributed by atoms with Gasteiger partial charge in [-0.3, -0.25) is 0 Å². The van der Waals surface area contributed by atoms with Crippen molar-refractivity contribution in [3.8, 4) is 12.3 Å². The van der Waals surface area contributed by atoms with Crippen LogP contribution in [-0.2, 0) is 4.74 Å². The molecular formula is C10H9NO2. The van der Waals surface area contributed by atoms with Crippen LogP contribution < -0.4 is 5.73 Å². The first-order chi connectivity index (χ1) is 6.24. The van der Waals surface area contributed by atoms with E-state index in [4.69, 9.17) is 12.2 Å². The molecule has 1 aromatic carbocycles.